The van der Waals surface area contributed by atoms with Crippen molar-refractivity contribution in [3.05, 3.63) is 78.0 Å². The van der Waals surface area contributed by atoms with E-state index in [1.165, 1.54) is 0 Å². The van der Waals surface area contributed by atoms with Crippen molar-refractivity contribution in [1.82, 2.24) is 14.7 Å². The molecule has 0 fully saturated rings. The second-order valence-corrected chi connectivity index (χ2v) is 6.68. The van der Waals surface area contributed by atoms with Gasteiger partial charge in [0.25, 0.3) is 5.89 Å². The summed E-state index contributed by atoms with van der Waals surface area (Å²) < 4.78 is 7.22. The summed E-state index contributed by atoms with van der Waals surface area (Å²) in [4.78, 5) is 17.0. The van der Waals surface area contributed by atoms with Crippen molar-refractivity contribution in [2.24, 2.45) is 0 Å². The lowest BCUT2D eigenvalue weighted by Gasteiger charge is -2.11. The second kappa shape index (κ2) is 7.52. The standard InChI is InChI=1S/C22H20N4O2/c1-15-10-11-16(2)18(13-15)23-20(27)14-26-12-6-9-19(26)22-24-21(25-28-22)17-7-4-3-5-8-17/h3-13H,14H2,1-2H3,(H,23,27). The highest BCUT2D eigenvalue weighted by Crippen LogP contribution is 2.23. The van der Waals surface area contributed by atoms with E-state index in [1.54, 1.807) is 4.57 Å². The smallest absolute Gasteiger partial charge is 0.274 e. The van der Waals surface area contributed by atoms with Crippen LogP contribution in [0.1, 0.15) is 11.1 Å². The van der Waals surface area contributed by atoms with Gasteiger partial charge in [0.1, 0.15) is 12.2 Å². The molecule has 1 N–H and O–H groups in total. The largest absolute Gasteiger partial charge is 0.334 e. The average Bonchev–Trinajstić information content (AvgIpc) is 3.34. The number of nitrogens with one attached hydrogen (secondary N) is 1. The van der Waals surface area contributed by atoms with E-state index in [4.69, 9.17) is 4.52 Å². The fourth-order valence-corrected chi connectivity index (χ4v) is 2.99. The molecule has 28 heavy (non-hydrogen) atoms. The lowest BCUT2D eigenvalue weighted by atomic mass is 10.1. The van der Waals surface area contributed by atoms with Gasteiger partial charge in [-0.1, -0.05) is 47.6 Å². The zero-order chi connectivity index (χ0) is 19.5. The first-order valence-electron chi connectivity index (χ1n) is 9.02. The summed E-state index contributed by atoms with van der Waals surface area (Å²) >= 11 is 0. The van der Waals surface area contributed by atoms with Crippen molar-refractivity contribution in [3.8, 4) is 23.0 Å². The zero-order valence-electron chi connectivity index (χ0n) is 15.7. The molecule has 2 aromatic heterocycles. The Morgan fingerprint density at radius 1 is 1.07 bits per heavy atom. The summed E-state index contributed by atoms with van der Waals surface area (Å²) in [6.45, 7) is 4.12. The Hall–Kier alpha value is -3.67. The number of benzene rings is 2. The summed E-state index contributed by atoms with van der Waals surface area (Å²) in [5, 5.41) is 7.02. The van der Waals surface area contributed by atoms with Gasteiger partial charge in [0.2, 0.25) is 11.7 Å². The van der Waals surface area contributed by atoms with Crippen LogP contribution >= 0.6 is 0 Å². The summed E-state index contributed by atoms with van der Waals surface area (Å²) in [5.74, 6) is 0.778. The van der Waals surface area contributed by atoms with Crippen LogP contribution in [0.2, 0.25) is 0 Å². The van der Waals surface area contributed by atoms with Gasteiger partial charge in [-0.2, -0.15) is 4.98 Å². The van der Waals surface area contributed by atoms with Crippen molar-refractivity contribution in [1.29, 1.82) is 0 Å². The fraction of sp³-hybridized carbons (Fsp3) is 0.136. The number of aromatic nitrogens is 3. The Morgan fingerprint density at radius 2 is 1.89 bits per heavy atom. The van der Waals surface area contributed by atoms with Crippen LogP contribution in [0.3, 0.4) is 0 Å². The first kappa shape index (κ1) is 17.7. The van der Waals surface area contributed by atoms with Gasteiger partial charge in [0.05, 0.1) is 0 Å². The van der Waals surface area contributed by atoms with Gasteiger partial charge in [-0.25, -0.2) is 0 Å². The molecule has 0 saturated heterocycles. The topological polar surface area (TPSA) is 73.0 Å². The van der Waals surface area contributed by atoms with Crippen molar-refractivity contribution in [3.63, 3.8) is 0 Å². The number of aryl methyl sites for hydroxylation is 2. The minimum Gasteiger partial charge on any atom is -0.334 e. The minimum atomic E-state index is -0.117. The number of carbonyl (C=O) groups excluding carboxylic acids is 1. The predicted octanol–water partition coefficient (Wildman–Crippen LogP) is 4.46. The van der Waals surface area contributed by atoms with Gasteiger partial charge in [-0.15, -0.1) is 0 Å². The third-order valence-corrected chi connectivity index (χ3v) is 4.49. The van der Waals surface area contributed by atoms with Crippen LogP contribution in [0.15, 0.2) is 71.4 Å². The predicted molar refractivity (Wildman–Crippen MR) is 108 cm³/mol. The van der Waals surface area contributed by atoms with Gasteiger partial charge in [0.15, 0.2) is 0 Å². The van der Waals surface area contributed by atoms with Gasteiger partial charge < -0.3 is 14.4 Å². The van der Waals surface area contributed by atoms with Crippen LogP contribution in [-0.2, 0) is 11.3 Å². The van der Waals surface area contributed by atoms with Crippen LogP contribution in [0.4, 0.5) is 5.69 Å². The first-order valence-corrected chi connectivity index (χ1v) is 9.02. The molecule has 0 spiro atoms. The number of rotatable bonds is 5. The molecule has 0 aliphatic heterocycles. The summed E-state index contributed by atoms with van der Waals surface area (Å²) in [7, 11) is 0. The molecule has 4 aromatic rings. The van der Waals surface area contributed by atoms with Crippen LogP contribution < -0.4 is 5.32 Å². The number of nitrogens with zero attached hydrogens (tertiary/aromatic N) is 3. The molecule has 1 amide bonds. The molecule has 4 rings (SSSR count). The van der Waals surface area contributed by atoms with E-state index in [-0.39, 0.29) is 12.5 Å². The molecule has 140 valence electrons. The van der Waals surface area contributed by atoms with E-state index >= 15 is 0 Å². The Balaban J connectivity index is 1.52. The molecular weight excluding hydrogens is 352 g/mol. The highest BCUT2D eigenvalue weighted by molar-refractivity contribution is 5.91. The molecular formula is C22H20N4O2. The number of amides is 1. The zero-order valence-corrected chi connectivity index (χ0v) is 15.7. The van der Waals surface area contributed by atoms with E-state index in [0.29, 0.717) is 17.4 Å². The summed E-state index contributed by atoms with van der Waals surface area (Å²) in [5.41, 5.74) is 4.52. The van der Waals surface area contributed by atoms with Gasteiger partial charge in [-0.05, 0) is 43.2 Å². The molecule has 0 atom stereocenters. The maximum Gasteiger partial charge on any atom is 0.274 e. The Morgan fingerprint density at radius 3 is 2.71 bits per heavy atom. The van der Waals surface area contributed by atoms with Gasteiger partial charge in [0, 0.05) is 17.4 Å². The van der Waals surface area contributed by atoms with E-state index in [9.17, 15) is 4.79 Å². The second-order valence-electron chi connectivity index (χ2n) is 6.68. The Labute approximate surface area is 162 Å². The third kappa shape index (κ3) is 3.71. The maximum absolute atomic E-state index is 12.6. The summed E-state index contributed by atoms with van der Waals surface area (Å²) in [6.07, 6.45) is 1.82. The molecule has 0 bridgehead atoms. The lowest BCUT2D eigenvalue weighted by molar-refractivity contribution is -0.116. The van der Waals surface area contributed by atoms with Crippen LogP contribution in [0, 0.1) is 13.8 Å². The Kier molecular flexibility index (Phi) is 4.76. The Bertz CT molecular complexity index is 1110. The summed E-state index contributed by atoms with van der Waals surface area (Å²) in [6, 6.07) is 19.3. The van der Waals surface area contributed by atoms with Crippen molar-refractivity contribution >= 4 is 11.6 Å². The molecule has 0 saturated carbocycles. The van der Waals surface area contributed by atoms with Crippen LogP contribution in [-0.4, -0.2) is 20.6 Å². The molecule has 2 aromatic carbocycles. The highest BCUT2D eigenvalue weighted by atomic mass is 16.5. The number of anilines is 1. The van der Waals surface area contributed by atoms with E-state index in [1.807, 2.05) is 80.7 Å². The van der Waals surface area contributed by atoms with Crippen molar-refractivity contribution in [2.45, 2.75) is 20.4 Å². The fourth-order valence-electron chi connectivity index (χ4n) is 2.99. The molecule has 6 nitrogen and oxygen atoms in total. The average molecular weight is 372 g/mol. The SMILES string of the molecule is Cc1ccc(C)c(NC(=O)Cn2cccc2-c2nc(-c3ccccc3)no2)c1. The molecule has 6 heteroatoms. The van der Waals surface area contributed by atoms with E-state index in [2.05, 4.69) is 15.5 Å². The molecule has 2 heterocycles. The van der Waals surface area contributed by atoms with Gasteiger partial charge in [-0.3, -0.25) is 4.79 Å². The highest BCUT2D eigenvalue weighted by Gasteiger charge is 2.15. The minimum absolute atomic E-state index is 0.117. The molecule has 0 aliphatic rings. The molecule has 0 aliphatic carbocycles. The molecule has 0 unspecified atom stereocenters. The van der Waals surface area contributed by atoms with Crippen molar-refractivity contribution < 1.29 is 9.32 Å². The molecule has 0 radical (unpaired) electrons. The van der Waals surface area contributed by atoms with Crippen LogP contribution in [0.25, 0.3) is 23.0 Å². The number of carbonyl (C=O) groups is 1. The van der Waals surface area contributed by atoms with Crippen LogP contribution in [0.5, 0.6) is 0 Å². The number of hydrogen-bond donors (Lipinski definition) is 1. The van der Waals surface area contributed by atoms with Crippen molar-refractivity contribution in [2.75, 3.05) is 5.32 Å². The maximum atomic E-state index is 12.6. The van der Waals surface area contributed by atoms with E-state index in [0.717, 1.165) is 22.4 Å². The van der Waals surface area contributed by atoms with E-state index < -0.39 is 0 Å². The first-order chi connectivity index (χ1) is 13.6. The number of hydrogen-bond acceptors (Lipinski definition) is 4. The monoisotopic (exact) mass is 372 g/mol. The normalized spacial score (nSPS) is 10.8. The third-order valence-electron chi connectivity index (χ3n) is 4.49. The van der Waals surface area contributed by atoms with Gasteiger partial charge >= 0.3 is 0 Å². The lowest BCUT2D eigenvalue weighted by Crippen LogP contribution is -2.19. The quantitative estimate of drug-likeness (QED) is 0.561.